The first-order valence-electron chi connectivity index (χ1n) is 10.5. The Morgan fingerprint density at radius 1 is 1.00 bits per heavy atom. The Labute approximate surface area is 186 Å². The van der Waals surface area contributed by atoms with Gasteiger partial charge in [0.2, 0.25) is 5.78 Å². The monoisotopic (exact) mass is 428 g/mol. The Balaban J connectivity index is 2.01. The van der Waals surface area contributed by atoms with Crippen LogP contribution >= 0.6 is 0 Å². The number of allylic oxidation sites excluding steroid dienone is 2. The van der Waals surface area contributed by atoms with Crippen molar-refractivity contribution >= 4 is 11.8 Å². The molecule has 5 heteroatoms. The van der Waals surface area contributed by atoms with Crippen molar-refractivity contribution in [1.29, 1.82) is 0 Å². The number of ketones is 1. The number of rotatable bonds is 5. The smallest absolute Gasteiger partial charge is 0.312 e. The summed E-state index contributed by atoms with van der Waals surface area (Å²) in [5.41, 5.74) is 2.65. The normalized spacial score (nSPS) is 14.9. The second-order valence-corrected chi connectivity index (χ2v) is 8.12. The van der Waals surface area contributed by atoms with Gasteiger partial charge in [-0.05, 0) is 25.8 Å². The maximum atomic E-state index is 13.3. The summed E-state index contributed by atoms with van der Waals surface area (Å²) in [7, 11) is 0. The molecular weight excluding hydrogens is 404 g/mol. The Morgan fingerprint density at radius 3 is 2.25 bits per heavy atom. The van der Waals surface area contributed by atoms with Crippen molar-refractivity contribution in [3.8, 4) is 17.2 Å². The van der Waals surface area contributed by atoms with Gasteiger partial charge in [-0.15, -0.1) is 0 Å². The molecule has 0 amide bonds. The van der Waals surface area contributed by atoms with E-state index in [0.717, 1.165) is 11.1 Å². The predicted molar refractivity (Wildman–Crippen MR) is 121 cm³/mol. The van der Waals surface area contributed by atoms with Crippen LogP contribution < -0.4 is 4.74 Å². The van der Waals surface area contributed by atoms with E-state index in [9.17, 15) is 19.8 Å². The second kappa shape index (κ2) is 8.71. The van der Waals surface area contributed by atoms with Gasteiger partial charge in [-0.3, -0.25) is 9.59 Å². The van der Waals surface area contributed by atoms with Crippen molar-refractivity contribution in [3.05, 3.63) is 100 Å². The molecule has 0 unspecified atom stereocenters. The van der Waals surface area contributed by atoms with Crippen molar-refractivity contribution in [2.45, 2.75) is 32.6 Å². The van der Waals surface area contributed by atoms with Gasteiger partial charge in [0, 0.05) is 22.6 Å². The molecule has 0 aliphatic carbocycles. The molecule has 0 spiro atoms. The molecule has 1 heterocycles. The number of fused-ring (bicyclic) bond motifs is 1. The molecule has 3 aromatic carbocycles. The van der Waals surface area contributed by atoms with Gasteiger partial charge in [-0.25, -0.2) is 0 Å². The number of phenols is 2. The summed E-state index contributed by atoms with van der Waals surface area (Å²) in [5.74, 6) is -2.04. The number of ether oxygens (including phenoxy) is 1. The third-order valence-electron chi connectivity index (χ3n) is 5.65. The van der Waals surface area contributed by atoms with Crippen molar-refractivity contribution < 1.29 is 24.5 Å². The van der Waals surface area contributed by atoms with Gasteiger partial charge in [0.1, 0.15) is 22.8 Å². The molecule has 1 aliphatic rings. The average Bonchev–Trinajstić information content (AvgIpc) is 2.79. The second-order valence-electron chi connectivity index (χ2n) is 8.12. The predicted octanol–water partition coefficient (Wildman–Crippen LogP) is 5.28. The molecule has 4 rings (SSSR count). The molecular formula is C27H24O5. The molecule has 0 saturated heterocycles. The number of carbonyl (C=O) groups is 2. The Kier molecular flexibility index (Phi) is 5.82. The molecule has 2 N–H and O–H groups in total. The van der Waals surface area contributed by atoms with Crippen LogP contribution in [0, 0.1) is 0 Å². The number of phenolic OH excluding ortho intramolecular Hbond substituents is 2. The first-order valence-corrected chi connectivity index (χ1v) is 10.5. The molecule has 0 fully saturated rings. The zero-order valence-corrected chi connectivity index (χ0v) is 18.0. The summed E-state index contributed by atoms with van der Waals surface area (Å²) in [6, 6.07) is 17.8. The maximum Gasteiger partial charge on any atom is 0.312 e. The third kappa shape index (κ3) is 3.89. The van der Waals surface area contributed by atoms with E-state index < -0.39 is 17.7 Å². The van der Waals surface area contributed by atoms with E-state index in [0.29, 0.717) is 16.7 Å². The summed E-state index contributed by atoms with van der Waals surface area (Å²) >= 11 is 0. The molecule has 0 radical (unpaired) electrons. The maximum absolute atomic E-state index is 13.3. The summed E-state index contributed by atoms with van der Waals surface area (Å²) in [5, 5.41) is 22.4. The summed E-state index contributed by atoms with van der Waals surface area (Å²) in [4.78, 5) is 25.8. The summed E-state index contributed by atoms with van der Waals surface area (Å²) < 4.78 is 5.55. The summed E-state index contributed by atoms with van der Waals surface area (Å²) in [6.45, 7) is 3.83. The lowest BCUT2D eigenvalue weighted by molar-refractivity contribution is -0.135. The minimum Gasteiger partial charge on any atom is -0.507 e. The van der Waals surface area contributed by atoms with Crippen LogP contribution in [0.25, 0.3) is 0 Å². The van der Waals surface area contributed by atoms with E-state index in [1.807, 2.05) is 50.3 Å². The highest BCUT2D eigenvalue weighted by molar-refractivity contribution is 6.13. The SMILES string of the molecule is CC(C)=CCc1c(O)c(C(=O)c2ccccc2)c(O)c2c1OC(=O)C[C@H]2c1ccccc1. The van der Waals surface area contributed by atoms with Crippen LogP contribution in [0.4, 0.5) is 0 Å². The molecule has 0 bridgehead atoms. The Hall–Kier alpha value is -3.86. The molecule has 5 nitrogen and oxygen atoms in total. The van der Waals surface area contributed by atoms with Gasteiger partial charge in [-0.2, -0.15) is 0 Å². The van der Waals surface area contributed by atoms with Crippen LogP contribution in [-0.4, -0.2) is 22.0 Å². The van der Waals surface area contributed by atoms with Crippen LogP contribution in [-0.2, 0) is 11.2 Å². The Bertz CT molecular complexity index is 1210. The fourth-order valence-electron chi connectivity index (χ4n) is 4.05. The zero-order valence-electron chi connectivity index (χ0n) is 18.0. The van der Waals surface area contributed by atoms with Crippen molar-refractivity contribution in [2.24, 2.45) is 0 Å². The highest BCUT2D eigenvalue weighted by Crippen LogP contribution is 2.51. The van der Waals surface area contributed by atoms with Gasteiger partial charge in [0.25, 0.3) is 0 Å². The van der Waals surface area contributed by atoms with E-state index in [-0.39, 0.29) is 35.7 Å². The standard InChI is InChI=1S/C27H24O5/c1-16(2)13-14-19-25(30)23(24(29)18-11-7-4-8-12-18)26(31)22-20(15-21(28)32-27(19)22)17-9-5-3-6-10-17/h3-13,20,30-31H,14-15H2,1-2H3/t20-/m0/s1. The van der Waals surface area contributed by atoms with E-state index in [1.165, 1.54) is 0 Å². The van der Waals surface area contributed by atoms with Crippen molar-refractivity contribution in [2.75, 3.05) is 0 Å². The highest BCUT2D eigenvalue weighted by atomic mass is 16.5. The van der Waals surface area contributed by atoms with Crippen LogP contribution in [0.5, 0.6) is 17.2 Å². The lowest BCUT2D eigenvalue weighted by atomic mass is 9.81. The number of carbonyl (C=O) groups excluding carboxylic acids is 2. The van der Waals surface area contributed by atoms with Crippen molar-refractivity contribution in [1.82, 2.24) is 0 Å². The quantitative estimate of drug-likeness (QED) is 0.250. The first kappa shape index (κ1) is 21.4. The number of hydrogen-bond donors (Lipinski definition) is 2. The molecule has 0 aromatic heterocycles. The molecule has 32 heavy (non-hydrogen) atoms. The van der Waals surface area contributed by atoms with Crippen molar-refractivity contribution in [3.63, 3.8) is 0 Å². The highest BCUT2D eigenvalue weighted by Gasteiger charge is 2.37. The number of aromatic hydroxyl groups is 2. The van der Waals surface area contributed by atoms with Crippen LogP contribution in [0.2, 0.25) is 0 Å². The molecule has 3 aromatic rings. The molecule has 1 atom stereocenters. The third-order valence-corrected chi connectivity index (χ3v) is 5.65. The van der Waals surface area contributed by atoms with Gasteiger partial charge >= 0.3 is 5.97 Å². The Morgan fingerprint density at radius 2 is 1.62 bits per heavy atom. The summed E-state index contributed by atoms with van der Waals surface area (Å²) in [6.07, 6.45) is 2.15. The largest absolute Gasteiger partial charge is 0.507 e. The van der Waals surface area contributed by atoms with Gasteiger partial charge in [0.05, 0.1) is 6.42 Å². The van der Waals surface area contributed by atoms with Gasteiger partial charge in [0.15, 0.2) is 0 Å². The zero-order chi connectivity index (χ0) is 22.8. The molecule has 1 aliphatic heterocycles. The number of hydrogen-bond acceptors (Lipinski definition) is 5. The lowest BCUT2D eigenvalue weighted by Crippen LogP contribution is -2.23. The minimum atomic E-state index is -0.499. The van der Waals surface area contributed by atoms with E-state index in [1.54, 1.807) is 30.3 Å². The minimum absolute atomic E-state index is 0.0242. The van der Waals surface area contributed by atoms with Gasteiger partial charge in [-0.1, -0.05) is 72.3 Å². The van der Waals surface area contributed by atoms with Gasteiger partial charge < -0.3 is 14.9 Å². The number of benzene rings is 3. The first-order chi connectivity index (χ1) is 15.4. The van der Waals surface area contributed by atoms with E-state index >= 15 is 0 Å². The van der Waals surface area contributed by atoms with Crippen LogP contribution in [0.15, 0.2) is 72.3 Å². The van der Waals surface area contributed by atoms with Crippen LogP contribution in [0.1, 0.15) is 58.8 Å². The number of esters is 1. The average molecular weight is 428 g/mol. The topological polar surface area (TPSA) is 83.8 Å². The molecule has 162 valence electrons. The molecule has 0 saturated carbocycles. The van der Waals surface area contributed by atoms with Crippen LogP contribution in [0.3, 0.4) is 0 Å². The lowest BCUT2D eigenvalue weighted by Gasteiger charge is -2.29. The van der Waals surface area contributed by atoms with E-state index in [2.05, 4.69) is 0 Å². The fourth-order valence-corrected chi connectivity index (χ4v) is 4.05. The fraction of sp³-hybridized carbons (Fsp3) is 0.185. The van der Waals surface area contributed by atoms with E-state index in [4.69, 9.17) is 4.74 Å².